The van der Waals surface area contributed by atoms with Crippen LogP contribution in [0.2, 0.25) is 0 Å². The molecule has 1 amide bonds. The quantitative estimate of drug-likeness (QED) is 0.873. The zero-order valence-corrected chi connectivity index (χ0v) is 14.5. The van der Waals surface area contributed by atoms with Gasteiger partial charge in [-0.2, -0.15) is 0 Å². The van der Waals surface area contributed by atoms with E-state index in [1.54, 1.807) is 6.92 Å². The highest BCUT2D eigenvalue weighted by atomic mass is 16.2. The van der Waals surface area contributed by atoms with Crippen molar-refractivity contribution in [2.75, 3.05) is 31.6 Å². The van der Waals surface area contributed by atoms with Crippen LogP contribution in [0.15, 0.2) is 24.3 Å². The second kappa shape index (κ2) is 6.19. The van der Waals surface area contributed by atoms with Crippen molar-refractivity contribution in [3.63, 3.8) is 0 Å². The number of aromatic nitrogens is 1. The fraction of sp³-hybridized carbons (Fsp3) is 0.474. The number of anilines is 1. The van der Waals surface area contributed by atoms with Crippen LogP contribution in [0.1, 0.15) is 24.6 Å². The highest BCUT2D eigenvalue weighted by Gasteiger charge is 2.26. The molecule has 2 heterocycles. The van der Waals surface area contributed by atoms with Crippen molar-refractivity contribution in [3.05, 3.63) is 35.5 Å². The smallest absolute Gasteiger partial charge is 0.219 e. The Hall–Kier alpha value is -2.10. The van der Waals surface area contributed by atoms with E-state index < -0.39 is 0 Å². The largest absolute Gasteiger partial charge is 0.373 e. The maximum Gasteiger partial charge on any atom is 0.219 e. The van der Waals surface area contributed by atoms with E-state index in [1.807, 2.05) is 11.0 Å². The van der Waals surface area contributed by atoms with Gasteiger partial charge in [0.25, 0.3) is 0 Å². The van der Waals surface area contributed by atoms with E-state index in [-0.39, 0.29) is 5.91 Å². The van der Waals surface area contributed by atoms with Crippen molar-refractivity contribution >= 4 is 22.5 Å². The summed E-state index contributed by atoms with van der Waals surface area (Å²) in [5.74, 6) is 0.729. The van der Waals surface area contributed by atoms with Crippen molar-refractivity contribution in [3.8, 4) is 0 Å². The van der Waals surface area contributed by atoms with E-state index in [9.17, 15) is 4.79 Å². The molecule has 1 atom stereocenters. The van der Waals surface area contributed by atoms with Gasteiger partial charge in [0.05, 0.1) is 11.2 Å². The molecule has 1 aliphatic rings. The summed E-state index contributed by atoms with van der Waals surface area (Å²) in [6.45, 7) is 8.63. The topological polar surface area (TPSA) is 36.4 Å². The monoisotopic (exact) mass is 311 g/mol. The van der Waals surface area contributed by atoms with Crippen molar-refractivity contribution in [1.82, 2.24) is 9.88 Å². The van der Waals surface area contributed by atoms with Crippen molar-refractivity contribution in [1.29, 1.82) is 0 Å². The van der Waals surface area contributed by atoms with Crippen LogP contribution in [0.3, 0.4) is 0 Å². The van der Waals surface area contributed by atoms with E-state index in [2.05, 4.69) is 44.0 Å². The van der Waals surface area contributed by atoms with Gasteiger partial charge >= 0.3 is 0 Å². The van der Waals surface area contributed by atoms with Crippen molar-refractivity contribution < 1.29 is 4.79 Å². The number of hydrogen-bond acceptors (Lipinski definition) is 3. The van der Waals surface area contributed by atoms with Gasteiger partial charge in [0.2, 0.25) is 5.91 Å². The van der Waals surface area contributed by atoms with E-state index in [0.29, 0.717) is 5.92 Å². The number of fused-ring (bicyclic) bond motifs is 1. The average Bonchev–Trinajstić information content (AvgIpc) is 2.97. The highest BCUT2D eigenvalue weighted by molar-refractivity contribution is 5.93. The molecule has 2 aromatic rings. The molecule has 122 valence electrons. The molecule has 1 unspecified atom stereocenters. The molecular weight excluding hydrogens is 286 g/mol. The number of carbonyl (C=O) groups is 1. The zero-order chi connectivity index (χ0) is 16.6. The summed E-state index contributed by atoms with van der Waals surface area (Å²) in [4.78, 5) is 20.5. The minimum atomic E-state index is 0.191. The molecule has 0 aliphatic carbocycles. The number of rotatable bonds is 3. The van der Waals surface area contributed by atoms with Crippen LogP contribution in [-0.4, -0.2) is 42.5 Å². The molecule has 4 heteroatoms. The Labute approximate surface area is 138 Å². The Morgan fingerprint density at radius 1 is 1.35 bits per heavy atom. The van der Waals surface area contributed by atoms with Crippen molar-refractivity contribution in [2.45, 2.75) is 27.2 Å². The van der Waals surface area contributed by atoms with Crippen LogP contribution in [-0.2, 0) is 4.79 Å². The molecule has 1 aliphatic heterocycles. The summed E-state index contributed by atoms with van der Waals surface area (Å²) in [6.07, 6.45) is 1.09. The summed E-state index contributed by atoms with van der Waals surface area (Å²) >= 11 is 0. The molecular formula is C19H25N3O. The summed E-state index contributed by atoms with van der Waals surface area (Å²) in [6, 6.07) is 8.34. The summed E-state index contributed by atoms with van der Waals surface area (Å²) in [5, 5.41) is 1.21. The summed E-state index contributed by atoms with van der Waals surface area (Å²) in [7, 11) is 2.16. The van der Waals surface area contributed by atoms with Crippen LogP contribution in [0, 0.1) is 19.8 Å². The fourth-order valence-electron chi connectivity index (χ4n) is 3.65. The molecule has 0 N–H and O–H groups in total. The van der Waals surface area contributed by atoms with E-state index in [0.717, 1.165) is 37.3 Å². The van der Waals surface area contributed by atoms with Crippen LogP contribution >= 0.6 is 0 Å². The van der Waals surface area contributed by atoms with Gasteiger partial charge in [-0.3, -0.25) is 9.78 Å². The number of hydrogen-bond donors (Lipinski definition) is 0. The number of amides is 1. The number of carbonyl (C=O) groups excluding carboxylic acids is 1. The molecule has 0 radical (unpaired) electrons. The van der Waals surface area contributed by atoms with Crippen LogP contribution in [0.5, 0.6) is 0 Å². The minimum absolute atomic E-state index is 0.191. The van der Waals surface area contributed by atoms with E-state index in [1.165, 1.54) is 16.6 Å². The normalized spacial score (nSPS) is 17.7. The van der Waals surface area contributed by atoms with Crippen LogP contribution in [0.25, 0.3) is 10.9 Å². The lowest BCUT2D eigenvalue weighted by Crippen LogP contribution is -2.30. The Morgan fingerprint density at radius 2 is 2.09 bits per heavy atom. The number of likely N-dealkylation sites (tertiary alicyclic amines) is 1. The first-order valence-corrected chi connectivity index (χ1v) is 8.30. The number of benzene rings is 1. The van der Waals surface area contributed by atoms with Crippen molar-refractivity contribution in [2.24, 2.45) is 5.92 Å². The number of aryl methyl sites for hydroxylation is 1. The molecule has 0 saturated carbocycles. The molecule has 0 spiro atoms. The standard InChI is InChI=1S/C19H25N3O/c1-13-14(2)20-18-8-6-5-7-17(18)19(13)21(4)11-16-9-10-22(12-16)15(3)23/h5-8,16H,9-12H2,1-4H3. The Kier molecular flexibility index (Phi) is 4.24. The summed E-state index contributed by atoms with van der Waals surface area (Å²) < 4.78 is 0. The lowest BCUT2D eigenvalue weighted by molar-refractivity contribution is -0.127. The SMILES string of the molecule is CC(=O)N1CCC(CN(C)c2c(C)c(C)nc3ccccc23)C1. The third-order valence-corrected chi connectivity index (χ3v) is 4.99. The molecule has 1 aromatic carbocycles. The van der Waals surface area contributed by atoms with Gasteiger partial charge in [-0.05, 0) is 37.8 Å². The lowest BCUT2D eigenvalue weighted by atomic mass is 10.0. The number of para-hydroxylation sites is 1. The second-order valence-corrected chi connectivity index (χ2v) is 6.69. The lowest BCUT2D eigenvalue weighted by Gasteiger charge is -2.27. The Morgan fingerprint density at radius 3 is 2.78 bits per heavy atom. The highest BCUT2D eigenvalue weighted by Crippen LogP contribution is 2.31. The Balaban J connectivity index is 1.88. The van der Waals surface area contributed by atoms with Gasteiger partial charge < -0.3 is 9.80 Å². The fourth-order valence-corrected chi connectivity index (χ4v) is 3.65. The maximum absolute atomic E-state index is 11.5. The van der Waals surface area contributed by atoms with Gasteiger partial charge in [-0.1, -0.05) is 18.2 Å². The van der Waals surface area contributed by atoms with Gasteiger partial charge in [0, 0.05) is 44.7 Å². The van der Waals surface area contributed by atoms with E-state index in [4.69, 9.17) is 4.98 Å². The molecule has 3 rings (SSSR count). The predicted molar refractivity (Wildman–Crippen MR) is 94.8 cm³/mol. The number of pyridine rings is 1. The minimum Gasteiger partial charge on any atom is -0.373 e. The first-order valence-electron chi connectivity index (χ1n) is 8.30. The van der Waals surface area contributed by atoms with Gasteiger partial charge in [0.15, 0.2) is 0 Å². The average molecular weight is 311 g/mol. The van der Waals surface area contributed by atoms with Crippen LogP contribution < -0.4 is 4.90 Å². The maximum atomic E-state index is 11.5. The first kappa shape index (κ1) is 15.8. The summed E-state index contributed by atoms with van der Waals surface area (Å²) in [5.41, 5.74) is 4.65. The zero-order valence-electron chi connectivity index (χ0n) is 14.5. The third kappa shape index (κ3) is 3.03. The molecule has 4 nitrogen and oxygen atoms in total. The third-order valence-electron chi connectivity index (χ3n) is 4.99. The molecule has 23 heavy (non-hydrogen) atoms. The molecule has 1 aromatic heterocycles. The van der Waals surface area contributed by atoms with Gasteiger partial charge in [-0.25, -0.2) is 0 Å². The molecule has 1 fully saturated rings. The first-order chi connectivity index (χ1) is 11.0. The number of nitrogens with zero attached hydrogens (tertiary/aromatic N) is 3. The molecule has 1 saturated heterocycles. The predicted octanol–water partition coefficient (Wildman–Crippen LogP) is 3.16. The second-order valence-electron chi connectivity index (χ2n) is 6.69. The van der Waals surface area contributed by atoms with E-state index >= 15 is 0 Å². The van der Waals surface area contributed by atoms with Gasteiger partial charge in [0.1, 0.15) is 0 Å². The molecule has 0 bridgehead atoms. The Bertz CT molecular complexity index is 741. The van der Waals surface area contributed by atoms with Crippen LogP contribution in [0.4, 0.5) is 5.69 Å². The van der Waals surface area contributed by atoms with Gasteiger partial charge in [-0.15, -0.1) is 0 Å².